The van der Waals surface area contributed by atoms with Crippen LogP contribution in [0, 0.1) is 5.92 Å². The van der Waals surface area contributed by atoms with Gasteiger partial charge in [-0.1, -0.05) is 74.5 Å². The average Bonchev–Trinajstić information content (AvgIpc) is 3.27. The summed E-state index contributed by atoms with van der Waals surface area (Å²) in [6, 6.07) is 6.66. The number of hydrogen-bond donors (Lipinski definition) is 14. The molecular formula is C44H66N14O11. The minimum atomic E-state index is -1.74. The Hall–Kier alpha value is -7.83. The molecule has 25 nitrogen and oxygen atoms in total. The third kappa shape index (κ3) is 23.0. The molecule has 0 unspecified atom stereocenters. The van der Waals surface area contributed by atoms with Crippen LogP contribution in [0.4, 0.5) is 0 Å². The Kier molecular flexibility index (Phi) is 24.7. The van der Waals surface area contributed by atoms with Crippen LogP contribution in [-0.4, -0.2) is 131 Å². The Morgan fingerprint density at radius 1 is 0.507 bits per heavy atom. The second-order valence-corrected chi connectivity index (χ2v) is 16.5. The summed E-state index contributed by atoms with van der Waals surface area (Å²) in [6.45, 7) is 3.61. The Bertz CT molecular complexity index is 2120. The van der Waals surface area contributed by atoms with Crippen LogP contribution in [0.1, 0.15) is 69.9 Å². The number of carbonyl (C=O) groups excluding carboxylic acids is 7. The number of aliphatic carboxylic acids is 2. The molecule has 0 heterocycles. The van der Waals surface area contributed by atoms with Gasteiger partial charge in [0, 0.05) is 25.9 Å². The summed E-state index contributed by atoms with van der Waals surface area (Å²) < 4.78 is 0. The predicted molar refractivity (Wildman–Crippen MR) is 253 cm³/mol. The molecule has 25 heteroatoms. The van der Waals surface area contributed by atoms with Crippen LogP contribution in [0.25, 0.3) is 0 Å². The van der Waals surface area contributed by atoms with Crippen LogP contribution in [0.2, 0.25) is 0 Å². The lowest BCUT2D eigenvalue weighted by Gasteiger charge is -2.28. The van der Waals surface area contributed by atoms with Gasteiger partial charge in [-0.05, 0) is 49.1 Å². The van der Waals surface area contributed by atoms with E-state index in [1.54, 1.807) is 74.5 Å². The van der Waals surface area contributed by atoms with Crippen molar-refractivity contribution in [2.45, 2.75) is 114 Å². The second-order valence-electron chi connectivity index (χ2n) is 16.5. The maximum absolute atomic E-state index is 14.3. The minimum absolute atomic E-state index is 0.00763. The molecule has 0 saturated carbocycles. The topological polar surface area (TPSA) is 447 Å². The Morgan fingerprint density at radius 3 is 1.32 bits per heavy atom. The van der Waals surface area contributed by atoms with Gasteiger partial charge in [-0.25, -0.2) is 4.79 Å². The number of amides is 7. The molecule has 69 heavy (non-hydrogen) atoms. The third-order valence-electron chi connectivity index (χ3n) is 10.1. The van der Waals surface area contributed by atoms with Gasteiger partial charge >= 0.3 is 11.9 Å². The highest BCUT2D eigenvalue weighted by molar-refractivity contribution is 5.98. The zero-order valence-electron chi connectivity index (χ0n) is 38.6. The van der Waals surface area contributed by atoms with Gasteiger partial charge in [0.2, 0.25) is 41.4 Å². The van der Waals surface area contributed by atoms with Crippen LogP contribution in [0.5, 0.6) is 0 Å². The van der Waals surface area contributed by atoms with Crippen LogP contribution < -0.4 is 66.3 Å². The fourth-order valence-electron chi connectivity index (χ4n) is 6.69. The zero-order chi connectivity index (χ0) is 51.6. The van der Waals surface area contributed by atoms with Crippen molar-refractivity contribution in [2.75, 3.05) is 13.1 Å². The number of guanidine groups is 2. The monoisotopic (exact) mass is 967 g/mol. The van der Waals surface area contributed by atoms with Crippen molar-refractivity contribution in [3.8, 4) is 0 Å². The van der Waals surface area contributed by atoms with E-state index in [2.05, 4.69) is 41.9 Å². The first-order valence-electron chi connectivity index (χ1n) is 22.0. The van der Waals surface area contributed by atoms with E-state index in [-0.39, 0.29) is 75.9 Å². The fraction of sp³-hybridized carbons (Fsp3) is 0.477. The number of rotatable bonds is 31. The second kappa shape index (κ2) is 29.7. The lowest BCUT2D eigenvalue weighted by atomic mass is 9.99. The largest absolute Gasteiger partial charge is 0.481 e. The number of hydrogen-bond acceptors (Lipinski definition) is 12. The molecular weight excluding hydrogens is 901 g/mol. The van der Waals surface area contributed by atoms with E-state index in [1.165, 1.54) is 0 Å². The summed E-state index contributed by atoms with van der Waals surface area (Å²) in [5.74, 6) is -10.1. The van der Waals surface area contributed by atoms with Crippen LogP contribution in [-0.2, 0) is 56.0 Å². The number of nitrogens with one attached hydrogen (secondary N) is 6. The SMILES string of the molecule is CC(C)C[C@H](NC(=O)[C@H](Cc1ccccc1)NC(=O)[C@H](CC(N)=O)NC(=O)[C@H](CCCN=C(N)N)NC(=O)[C@@H](N)CC(=O)O)C(=O)N[C@@H](CCCN=C(N)N)C(=O)N[C@@H](Cc1ccccc1)C(=O)O. The van der Waals surface area contributed by atoms with Gasteiger partial charge in [0.05, 0.1) is 18.9 Å². The van der Waals surface area contributed by atoms with Crippen LogP contribution in [0.3, 0.4) is 0 Å². The first kappa shape index (κ1) is 57.3. The predicted octanol–water partition coefficient (Wildman–Crippen LogP) is -3.70. The summed E-state index contributed by atoms with van der Waals surface area (Å²) in [4.78, 5) is 126. The Labute approximate surface area is 398 Å². The molecule has 0 fully saturated rings. The van der Waals surface area contributed by atoms with Gasteiger partial charge in [0.15, 0.2) is 11.9 Å². The molecule has 0 aromatic heterocycles. The van der Waals surface area contributed by atoms with Gasteiger partial charge in [-0.15, -0.1) is 0 Å². The van der Waals surface area contributed by atoms with Crippen molar-refractivity contribution in [2.24, 2.45) is 50.3 Å². The van der Waals surface area contributed by atoms with E-state index < -0.39 is 108 Å². The molecule has 0 saturated heterocycles. The smallest absolute Gasteiger partial charge is 0.326 e. The molecule has 7 amide bonds. The average molecular weight is 967 g/mol. The molecule has 0 radical (unpaired) electrons. The van der Waals surface area contributed by atoms with E-state index >= 15 is 0 Å². The van der Waals surface area contributed by atoms with Gasteiger partial charge in [0.25, 0.3) is 0 Å². The molecule has 0 spiro atoms. The number of aliphatic imine (C=N–C) groups is 2. The van der Waals surface area contributed by atoms with Crippen molar-refractivity contribution in [1.82, 2.24) is 31.9 Å². The van der Waals surface area contributed by atoms with Crippen molar-refractivity contribution in [3.05, 3.63) is 71.8 Å². The molecule has 20 N–H and O–H groups in total. The van der Waals surface area contributed by atoms with E-state index in [0.29, 0.717) is 11.1 Å². The Balaban J connectivity index is 2.46. The summed E-state index contributed by atoms with van der Waals surface area (Å²) in [5.41, 5.74) is 34.0. The highest BCUT2D eigenvalue weighted by Crippen LogP contribution is 2.12. The molecule has 2 aromatic rings. The van der Waals surface area contributed by atoms with E-state index in [0.717, 1.165) is 0 Å². The Morgan fingerprint density at radius 2 is 0.884 bits per heavy atom. The van der Waals surface area contributed by atoms with Crippen molar-refractivity contribution >= 4 is 65.2 Å². The standard InChI is InChI=1S/C44H66N14O11/c1-24(2)19-30(39(65)54-29(16-10-18-52-44(49)50)38(64)58-33(42(68)69)21-26-13-7-4-8-14-26)55-40(66)31(20-25-11-5-3-6-12-25)56-41(67)32(23-34(46)59)57-37(63)28(15-9-17-51-43(47)48)53-36(62)27(45)22-35(60)61/h3-8,11-14,24,27-33H,9-10,15-23,45H2,1-2H3,(H2,46,59)(H,53,62)(H,54,65)(H,55,66)(H,56,67)(H,57,63)(H,58,64)(H,60,61)(H,68,69)(H4,47,48,51)(H4,49,50,52)/t27-,28-,29-,30-,31-,32-,33-/m0/s1. The van der Waals surface area contributed by atoms with Crippen molar-refractivity contribution in [3.63, 3.8) is 0 Å². The lowest BCUT2D eigenvalue weighted by molar-refractivity contribution is -0.142. The number of nitrogens with zero attached hydrogens (tertiary/aromatic N) is 2. The quantitative estimate of drug-likeness (QED) is 0.0196. The first-order chi connectivity index (χ1) is 32.6. The maximum Gasteiger partial charge on any atom is 0.326 e. The molecule has 7 atom stereocenters. The number of carbonyl (C=O) groups is 9. The van der Waals surface area contributed by atoms with Gasteiger partial charge in [-0.3, -0.25) is 48.3 Å². The van der Waals surface area contributed by atoms with E-state index in [4.69, 9.17) is 39.5 Å². The highest BCUT2D eigenvalue weighted by atomic mass is 16.4. The summed E-state index contributed by atoms with van der Waals surface area (Å²) in [6.07, 6.45) is -1.72. The van der Waals surface area contributed by atoms with Crippen LogP contribution in [0.15, 0.2) is 70.6 Å². The first-order valence-corrected chi connectivity index (χ1v) is 22.0. The van der Waals surface area contributed by atoms with E-state index in [9.17, 15) is 48.3 Å². The molecule has 2 aromatic carbocycles. The third-order valence-corrected chi connectivity index (χ3v) is 10.1. The van der Waals surface area contributed by atoms with Gasteiger partial charge in [0.1, 0.15) is 36.3 Å². The lowest BCUT2D eigenvalue weighted by Crippen LogP contribution is -2.60. The minimum Gasteiger partial charge on any atom is -0.481 e. The molecule has 0 aliphatic carbocycles. The van der Waals surface area contributed by atoms with Crippen molar-refractivity contribution < 1.29 is 53.4 Å². The number of primary amides is 1. The number of benzene rings is 2. The van der Waals surface area contributed by atoms with Crippen molar-refractivity contribution in [1.29, 1.82) is 0 Å². The number of carboxylic acid groups (broad SMARTS) is 2. The summed E-state index contributed by atoms with van der Waals surface area (Å²) in [7, 11) is 0. The maximum atomic E-state index is 14.3. The molecule has 0 bridgehead atoms. The van der Waals surface area contributed by atoms with Gasteiger partial charge < -0.3 is 76.5 Å². The zero-order valence-corrected chi connectivity index (χ0v) is 38.6. The fourth-order valence-corrected chi connectivity index (χ4v) is 6.69. The molecule has 378 valence electrons. The molecule has 0 aliphatic heterocycles. The normalized spacial score (nSPS) is 13.9. The highest BCUT2D eigenvalue weighted by Gasteiger charge is 2.35. The molecule has 2 rings (SSSR count). The van der Waals surface area contributed by atoms with E-state index in [1.807, 2.05) is 0 Å². The number of carboxylic acids is 2. The molecule has 0 aliphatic rings. The summed E-state index contributed by atoms with van der Waals surface area (Å²) >= 11 is 0. The number of nitrogens with two attached hydrogens (primary N) is 6. The summed E-state index contributed by atoms with van der Waals surface area (Å²) in [5, 5.41) is 34.1. The van der Waals surface area contributed by atoms with Crippen LogP contribution >= 0.6 is 0 Å². The van der Waals surface area contributed by atoms with Gasteiger partial charge in [-0.2, -0.15) is 0 Å².